The number of carbonyl (C=O) groups is 1. The van der Waals surface area contributed by atoms with E-state index in [1.165, 1.54) is 36.0 Å². The van der Waals surface area contributed by atoms with Gasteiger partial charge in [0, 0.05) is 6.54 Å². The average molecular weight is 441 g/mol. The van der Waals surface area contributed by atoms with Crippen LogP contribution in [0.5, 0.6) is 17.2 Å². The quantitative estimate of drug-likeness (QED) is 0.626. The van der Waals surface area contributed by atoms with Crippen LogP contribution in [-0.4, -0.2) is 36.6 Å². The fourth-order valence-electron chi connectivity index (χ4n) is 3.43. The Kier molecular flexibility index (Phi) is 6.40. The minimum Gasteiger partial charge on any atom is -0.496 e. The molecule has 0 N–H and O–H groups in total. The first-order valence-corrected chi connectivity index (χ1v) is 10.1. The van der Waals surface area contributed by atoms with Crippen LogP contribution in [-0.2, 0) is 11.3 Å². The van der Waals surface area contributed by atoms with E-state index in [9.17, 15) is 18.0 Å². The summed E-state index contributed by atoms with van der Waals surface area (Å²) in [5, 5.41) is -0.638. The molecular formula is C21H22F3NO4S. The number of benzene rings is 2. The number of nitrogens with zero attached hydrogens (tertiary/aromatic N) is 1. The van der Waals surface area contributed by atoms with Crippen LogP contribution in [0.1, 0.15) is 29.0 Å². The molecule has 5 nitrogen and oxygen atoms in total. The van der Waals surface area contributed by atoms with Gasteiger partial charge in [0.05, 0.1) is 25.0 Å². The van der Waals surface area contributed by atoms with Crippen molar-refractivity contribution in [3.05, 3.63) is 53.1 Å². The molecule has 2 atom stereocenters. The van der Waals surface area contributed by atoms with E-state index in [-0.39, 0.29) is 28.8 Å². The number of amides is 1. The molecule has 1 fully saturated rings. The first kappa shape index (κ1) is 22.1. The zero-order chi connectivity index (χ0) is 22.1. The number of aryl methyl sites for hydroxylation is 1. The zero-order valence-electron chi connectivity index (χ0n) is 16.9. The lowest BCUT2D eigenvalue weighted by Crippen LogP contribution is -2.30. The first-order valence-electron chi connectivity index (χ1n) is 9.16. The highest BCUT2D eigenvalue weighted by atomic mass is 32.2. The van der Waals surface area contributed by atoms with Crippen molar-refractivity contribution < 1.29 is 32.2 Å². The number of carbonyl (C=O) groups excluding carboxylic acids is 1. The monoisotopic (exact) mass is 441 g/mol. The largest absolute Gasteiger partial charge is 0.573 e. The van der Waals surface area contributed by atoms with Crippen molar-refractivity contribution in [2.24, 2.45) is 0 Å². The number of methoxy groups -OCH3 is 2. The highest BCUT2D eigenvalue weighted by molar-refractivity contribution is 8.01. The molecule has 30 heavy (non-hydrogen) atoms. The van der Waals surface area contributed by atoms with Gasteiger partial charge in [0.15, 0.2) is 0 Å². The van der Waals surface area contributed by atoms with Gasteiger partial charge in [-0.3, -0.25) is 4.79 Å². The second-order valence-corrected chi connectivity index (χ2v) is 8.25. The van der Waals surface area contributed by atoms with Crippen molar-refractivity contribution in [1.82, 2.24) is 4.90 Å². The van der Waals surface area contributed by atoms with E-state index in [0.29, 0.717) is 17.1 Å². The van der Waals surface area contributed by atoms with Gasteiger partial charge >= 0.3 is 6.36 Å². The summed E-state index contributed by atoms with van der Waals surface area (Å²) in [6.07, 6.45) is -4.75. The van der Waals surface area contributed by atoms with Gasteiger partial charge in [0.25, 0.3) is 0 Å². The predicted octanol–water partition coefficient (Wildman–Crippen LogP) is 5.07. The van der Waals surface area contributed by atoms with Gasteiger partial charge in [0.1, 0.15) is 22.6 Å². The van der Waals surface area contributed by atoms with Crippen LogP contribution in [0.2, 0.25) is 0 Å². The van der Waals surface area contributed by atoms with Crippen LogP contribution < -0.4 is 14.2 Å². The van der Waals surface area contributed by atoms with E-state index >= 15 is 0 Å². The molecular weight excluding hydrogens is 419 g/mol. The number of alkyl halides is 3. The maximum absolute atomic E-state index is 12.9. The fraction of sp³-hybridized carbons (Fsp3) is 0.381. The SMILES string of the molecule is COc1ccc(C)c(OC)c1C1SC(C)C(=O)N1Cc1ccc(OC(F)(F)F)cc1. The van der Waals surface area contributed by atoms with Crippen molar-refractivity contribution in [2.75, 3.05) is 14.2 Å². The standard InChI is InChI=1S/C21H22F3NO4S/c1-12-5-10-16(27-3)17(18(12)28-4)20-25(19(26)13(2)30-20)11-14-6-8-15(9-7-14)29-21(22,23)24/h5-10,13,20H,11H2,1-4H3. The van der Waals surface area contributed by atoms with E-state index in [0.717, 1.165) is 11.1 Å². The van der Waals surface area contributed by atoms with Gasteiger partial charge in [-0.1, -0.05) is 18.2 Å². The summed E-state index contributed by atoms with van der Waals surface area (Å²) in [7, 11) is 3.13. The molecule has 2 unspecified atom stereocenters. The number of thioether (sulfide) groups is 1. The fourth-order valence-corrected chi connectivity index (χ4v) is 4.75. The molecule has 0 saturated carbocycles. The molecule has 0 bridgehead atoms. The van der Waals surface area contributed by atoms with Crippen molar-refractivity contribution in [2.45, 2.75) is 37.4 Å². The van der Waals surface area contributed by atoms with Gasteiger partial charge in [0.2, 0.25) is 5.91 Å². The Hall–Kier alpha value is -2.55. The third-order valence-electron chi connectivity index (χ3n) is 4.78. The zero-order valence-corrected chi connectivity index (χ0v) is 17.8. The maximum Gasteiger partial charge on any atom is 0.573 e. The lowest BCUT2D eigenvalue weighted by atomic mass is 10.1. The van der Waals surface area contributed by atoms with Gasteiger partial charge in [-0.15, -0.1) is 24.9 Å². The van der Waals surface area contributed by atoms with Gasteiger partial charge < -0.3 is 19.1 Å². The molecule has 162 valence electrons. The Morgan fingerprint density at radius 3 is 2.30 bits per heavy atom. The topological polar surface area (TPSA) is 48.0 Å². The molecule has 1 amide bonds. The number of halogens is 3. The normalized spacial score (nSPS) is 19.2. The summed E-state index contributed by atoms with van der Waals surface area (Å²) in [5.74, 6) is 0.884. The minimum absolute atomic E-state index is 0.0637. The second kappa shape index (κ2) is 8.67. The molecule has 2 aromatic rings. The Balaban J connectivity index is 1.92. The van der Waals surface area contributed by atoms with Crippen LogP contribution in [0, 0.1) is 6.92 Å². The summed E-state index contributed by atoms with van der Waals surface area (Å²) in [6, 6.07) is 9.23. The molecule has 3 rings (SSSR count). The summed E-state index contributed by atoms with van der Waals surface area (Å²) < 4.78 is 52.2. The predicted molar refractivity (Wildman–Crippen MR) is 108 cm³/mol. The first-order chi connectivity index (χ1) is 14.1. The molecule has 2 aromatic carbocycles. The van der Waals surface area contributed by atoms with Crippen LogP contribution in [0.15, 0.2) is 36.4 Å². The van der Waals surface area contributed by atoms with E-state index < -0.39 is 6.36 Å². The molecule has 1 heterocycles. The van der Waals surface area contributed by atoms with Crippen LogP contribution in [0.4, 0.5) is 13.2 Å². The third kappa shape index (κ3) is 4.61. The Morgan fingerprint density at radius 2 is 1.73 bits per heavy atom. The minimum atomic E-state index is -4.75. The lowest BCUT2D eigenvalue weighted by Gasteiger charge is -2.27. The number of hydrogen-bond donors (Lipinski definition) is 0. The van der Waals surface area contributed by atoms with Crippen molar-refractivity contribution in [3.8, 4) is 17.2 Å². The number of rotatable bonds is 6. The van der Waals surface area contributed by atoms with Crippen LogP contribution >= 0.6 is 11.8 Å². The molecule has 1 saturated heterocycles. The van der Waals surface area contributed by atoms with Gasteiger partial charge in [-0.25, -0.2) is 0 Å². The number of hydrogen-bond acceptors (Lipinski definition) is 5. The molecule has 1 aliphatic heterocycles. The summed E-state index contributed by atoms with van der Waals surface area (Å²) in [4.78, 5) is 14.6. The van der Waals surface area contributed by atoms with Gasteiger partial charge in [-0.05, 0) is 43.2 Å². The van der Waals surface area contributed by atoms with Gasteiger partial charge in [-0.2, -0.15) is 0 Å². The number of ether oxygens (including phenoxy) is 3. The Bertz CT molecular complexity index is 918. The third-order valence-corrected chi connectivity index (χ3v) is 6.14. The van der Waals surface area contributed by atoms with E-state index in [1.807, 2.05) is 26.0 Å². The average Bonchev–Trinajstić information content (AvgIpc) is 2.96. The molecule has 0 radical (unpaired) electrons. The van der Waals surface area contributed by atoms with Crippen molar-refractivity contribution >= 4 is 17.7 Å². The molecule has 9 heteroatoms. The summed E-state index contributed by atoms with van der Waals surface area (Å²) in [5.41, 5.74) is 2.36. The summed E-state index contributed by atoms with van der Waals surface area (Å²) in [6.45, 7) is 3.97. The molecule has 0 aliphatic carbocycles. The lowest BCUT2D eigenvalue weighted by molar-refractivity contribution is -0.274. The van der Waals surface area contributed by atoms with Crippen LogP contribution in [0.25, 0.3) is 0 Å². The second-order valence-electron chi connectivity index (χ2n) is 6.82. The maximum atomic E-state index is 12.9. The van der Waals surface area contributed by atoms with E-state index in [4.69, 9.17) is 9.47 Å². The molecule has 1 aliphatic rings. The summed E-state index contributed by atoms with van der Waals surface area (Å²) >= 11 is 1.48. The van der Waals surface area contributed by atoms with Crippen LogP contribution in [0.3, 0.4) is 0 Å². The van der Waals surface area contributed by atoms with E-state index in [2.05, 4.69) is 4.74 Å². The smallest absolute Gasteiger partial charge is 0.496 e. The van der Waals surface area contributed by atoms with Crippen molar-refractivity contribution in [1.29, 1.82) is 0 Å². The van der Waals surface area contributed by atoms with Crippen molar-refractivity contribution in [3.63, 3.8) is 0 Å². The van der Waals surface area contributed by atoms with E-state index in [1.54, 1.807) is 19.1 Å². The molecule has 0 aromatic heterocycles. The Labute approximate surface area is 177 Å². The highest BCUT2D eigenvalue weighted by Gasteiger charge is 2.41. The molecule has 0 spiro atoms. The Morgan fingerprint density at radius 1 is 1.07 bits per heavy atom. The highest BCUT2D eigenvalue weighted by Crippen LogP contribution is 2.50.